The van der Waals surface area contributed by atoms with E-state index in [1.807, 2.05) is 12.2 Å². The maximum Gasteiger partial charge on any atom is 0.307 e. The minimum Gasteiger partial charge on any atom is -0.481 e. The first-order valence-corrected chi connectivity index (χ1v) is 7.27. The van der Waals surface area contributed by atoms with Crippen LogP contribution in [0, 0.1) is 29.6 Å². The smallest absolute Gasteiger partial charge is 0.307 e. The van der Waals surface area contributed by atoms with E-state index in [1.54, 1.807) is 0 Å². The van der Waals surface area contributed by atoms with Crippen LogP contribution in [-0.2, 0) is 9.59 Å². The van der Waals surface area contributed by atoms with Crippen molar-refractivity contribution in [3.63, 3.8) is 0 Å². The van der Waals surface area contributed by atoms with Crippen molar-refractivity contribution in [2.24, 2.45) is 29.6 Å². The van der Waals surface area contributed by atoms with Gasteiger partial charge in [0.15, 0.2) is 0 Å². The normalized spacial score (nSPS) is 43.6. The van der Waals surface area contributed by atoms with Crippen LogP contribution in [0.5, 0.6) is 0 Å². The fourth-order valence-corrected chi connectivity index (χ4v) is 4.15. The molecule has 2 fully saturated rings. The van der Waals surface area contributed by atoms with E-state index in [-0.39, 0.29) is 29.7 Å². The average Bonchev–Trinajstić information content (AvgIpc) is 3.03. The Morgan fingerprint density at radius 3 is 2.37 bits per heavy atom. The summed E-state index contributed by atoms with van der Waals surface area (Å²) in [6.07, 6.45) is 8.05. The molecule has 4 heteroatoms. The molecular weight excluding hydrogens is 242 g/mol. The predicted molar refractivity (Wildman–Crippen MR) is 70.3 cm³/mol. The van der Waals surface area contributed by atoms with E-state index in [1.165, 1.54) is 0 Å². The van der Waals surface area contributed by atoms with Gasteiger partial charge in [-0.15, -0.1) is 0 Å². The van der Waals surface area contributed by atoms with Gasteiger partial charge < -0.3 is 10.4 Å². The second kappa shape index (κ2) is 4.66. The Hall–Kier alpha value is -1.32. The molecule has 3 aliphatic carbocycles. The number of hydrogen-bond donors (Lipinski definition) is 2. The van der Waals surface area contributed by atoms with Gasteiger partial charge in [0.1, 0.15) is 0 Å². The second-order valence-corrected chi connectivity index (χ2v) is 6.46. The summed E-state index contributed by atoms with van der Waals surface area (Å²) in [5, 5.41) is 12.4. The largest absolute Gasteiger partial charge is 0.481 e. The molecule has 2 N–H and O–H groups in total. The zero-order valence-corrected chi connectivity index (χ0v) is 11.2. The number of aliphatic carboxylic acids is 1. The molecule has 0 aromatic heterocycles. The molecule has 0 spiro atoms. The topological polar surface area (TPSA) is 66.4 Å². The number of rotatable bonds is 3. The Morgan fingerprint density at radius 2 is 1.79 bits per heavy atom. The Labute approximate surface area is 113 Å². The van der Waals surface area contributed by atoms with Crippen LogP contribution in [0.4, 0.5) is 0 Å². The van der Waals surface area contributed by atoms with Crippen LogP contribution in [0.2, 0.25) is 0 Å². The van der Waals surface area contributed by atoms with Crippen molar-refractivity contribution < 1.29 is 14.7 Å². The van der Waals surface area contributed by atoms with Crippen molar-refractivity contribution in [2.45, 2.75) is 38.6 Å². The molecule has 0 aromatic rings. The van der Waals surface area contributed by atoms with Crippen LogP contribution in [0.25, 0.3) is 0 Å². The first kappa shape index (κ1) is 12.7. The molecule has 0 heterocycles. The lowest BCUT2D eigenvalue weighted by Gasteiger charge is -2.25. The summed E-state index contributed by atoms with van der Waals surface area (Å²) in [6, 6.07) is 0.250. The third kappa shape index (κ3) is 2.17. The molecule has 19 heavy (non-hydrogen) atoms. The van der Waals surface area contributed by atoms with E-state index < -0.39 is 11.9 Å². The van der Waals surface area contributed by atoms with E-state index >= 15 is 0 Å². The number of amides is 1. The van der Waals surface area contributed by atoms with Crippen LogP contribution < -0.4 is 5.32 Å². The quantitative estimate of drug-likeness (QED) is 0.763. The summed E-state index contributed by atoms with van der Waals surface area (Å²) < 4.78 is 0. The summed E-state index contributed by atoms with van der Waals surface area (Å²) in [4.78, 5) is 23.8. The van der Waals surface area contributed by atoms with Crippen LogP contribution in [0.15, 0.2) is 12.2 Å². The summed E-state index contributed by atoms with van der Waals surface area (Å²) in [6.45, 7) is 2.20. The van der Waals surface area contributed by atoms with Crippen LogP contribution in [-0.4, -0.2) is 23.0 Å². The van der Waals surface area contributed by atoms with Gasteiger partial charge in [0.25, 0.3) is 0 Å². The summed E-state index contributed by atoms with van der Waals surface area (Å²) in [7, 11) is 0. The number of nitrogens with one attached hydrogen (secondary N) is 1. The Morgan fingerprint density at radius 1 is 1.11 bits per heavy atom. The van der Waals surface area contributed by atoms with Crippen molar-refractivity contribution in [3.8, 4) is 0 Å². The number of fused-ring (bicyclic) bond motifs is 2. The molecule has 6 unspecified atom stereocenters. The van der Waals surface area contributed by atoms with Crippen LogP contribution >= 0.6 is 0 Å². The lowest BCUT2D eigenvalue weighted by atomic mass is 9.82. The molecule has 0 aliphatic heterocycles. The van der Waals surface area contributed by atoms with Gasteiger partial charge in [0.2, 0.25) is 5.91 Å². The molecule has 2 bridgehead atoms. The average molecular weight is 263 g/mol. The number of carboxylic acids is 1. The highest BCUT2D eigenvalue weighted by Gasteiger charge is 2.51. The lowest BCUT2D eigenvalue weighted by Crippen LogP contribution is -2.43. The van der Waals surface area contributed by atoms with Crippen molar-refractivity contribution in [2.75, 3.05) is 0 Å². The Balaban J connectivity index is 1.69. The molecule has 104 valence electrons. The predicted octanol–water partition coefficient (Wildman–Crippen LogP) is 1.81. The van der Waals surface area contributed by atoms with Gasteiger partial charge in [-0.2, -0.15) is 0 Å². The van der Waals surface area contributed by atoms with Crippen molar-refractivity contribution in [1.82, 2.24) is 5.32 Å². The maximum atomic E-state index is 12.4. The van der Waals surface area contributed by atoms with Crippen molar-refractivity contribution in [3.05, 3.63) is 12.2 Å². The fourth-order valence-electron chi connectivity index (χ4n) is 4.15. The van der Waals surface area contributed by atoms with Crippen molar-refractivity contribution >= 4 is 11.9 Å². The number of hydrogen-bond acceptors (Lipinski definition) is 2. The summed E-state index contributed by atoms with van der Waals surface area (Å²) >= 11 is 0. The molecule has 3 rings (SSSR count). The molecule has 0 saturated heterocycles. The highest BCUT2D eigenvalue weighted by molar-refractivity contribution is 5.87. The molecule has 6 atom stereocenters. The van der Waals surface area contributed by atoms with Gasteiger partial charge in [-0.3, -0.25) is 9.59 Å². The number of carboxylic acid groups (broad SMARTS) is 1. The van der Waals surface area contributed by atoms with Gasteiger partial charge in [0, 0.05) is 6.04 Å². The van der Waals surface area contributed by atoms with Gasteiger partial charge >= 0.3 is 5.97 Å². The third-order valence-electron chi connectivity index (χ3n) is 5.09. The summed E-state index contributed by atoms with van der Waals surface area (Å²) in [5.74, 6) is -0.886. The second-order valence-electron chi connectivity index (χ2n) is 6.46. The Kier molecular flexibility index (Phi) is 3.11. The monoisotopic (exact) mass is 263 g/mol. The standard InChI is InChI=1S/C15H21NO3/c1-8-2-5-11(6-8)16-14(17)12-9-3-4-10(7-9)13(12)15(18)19/h3-4,8-13H,2,5-7H2,1H3,(H,16,17)(H,18,19). The number of allylic oxidation sites excluding steroid dienone is 2. The minimum atomic E-state index is -0.822. The van der Waals surface area contributed by atoms with Gasteiger partial charge in [0.05, 0.1) is 11.8 Å². The number of carbonyl (C=O) groups is 2. The highest BCUT2D eigenvalue weighted by Crippen LogP contribution is 2.48. The molecule has 4 nitrogen and oxygen atoms in total. The van der Waals surface area contributed by atoms with E-state index in [4.69, 9.17) is 0 Å². The third-order valence-corrected chi connectivity index (χ3v) is 5.09. The van der Waals surface area contributed by atoms with E-state index in [9.17, 15) is 14.7 Å². The molecule has 2 saturated carbocycles. The van der Waals surface area contributed by atoms with Crippen LogP contribution in [0.3, 0.4) is 0 Å². The van der Waals surface area contributed by atoms with E-state index in [0.29, 0.717) is 5.92 Å². The van der Waals surface area contributed by atoms with Gasteiger partial charge in [-0.25, -0.2) is 0 Å². The molecule has 0 radical (unpaired) electrons. The first-order valence-electron chi connectivity index (χ1n) is 7.27. The Bertz CT molecular complexity index is 431. The highest BCUT2D eigenvalue weighted by atomic mass is 16.4. The molecule has 1 amide bonds. The van der Waals surface area contributed by atoms with Gasteiger partial charge in [-0.05, 0) is 43.4 Å². The maximum absolute atomic E-state index is 12.4. The van der Waals surface area contributed by atoms with Gasteiger partial charge in [-0.1, -0.05) is 19.1 Å². The van der Waals surface area contributed by atoms with E-state index in [0.717, 1.165) is 25.7 Å². The zero-order chi connectivity index (χ0) is 13.6. The van der Waals surface area contributed by atoms with Crippen LogP contribution in [0.1, 0.15) is 32.6 Å². The molecule has 0 aromatic carbocycles. The fraction of sp³-hybridized carbons (Fsp3) is 0.733. The zero-order valence-electron chi connectivity index (χ0n) is 11.2. The number of carbonyl (C=O) groups excluding carboxylic acids is 1. The first-order chi connectivity index (χ1) is 9.06. The lowest BCUT2D eigenvalue weighted by molar-refractivity contribution is -0.148. The van der Waals surface area contributed by atoms with Crippen molar-refractivity contribution in [1.29, 1.82) is 0 Å². The minimum absolute atomic E-state index is 0.0386. The van der Waals surface area contributed by atoms with E-state index in [2.05, 4.69) is 12.2 Å². The molecule has 3 aliphatic rings. The summed E-state index contributed by atoms with van der Waals surface area (Å²) in [5.41, 5.74) is 0. The SMILES string of the molecule is CC1CCC(NC(=O)C2C3C=CC(C3)C2C(=O)O)C1. The molecular formula is C15H21NO3.